The van der Waals surface area contributed by atoms with E-state index in [9.17, 15) is 0 Å². The maximum atomic E-state index is 5.81. The Morgan fingerprint density at radius 2 is 1.75 bits per heavy atom. The molecule has 3 heterocycles. The number of ether oxygens (including phenoxy) is 2. The predicted octanol–water partition coefficient (Wildman–Crippen LogP) is 6.32. The van der Waals surface area contributed by atoms with Crippen LogP contribution in [0.3, 0.4) is 0 Å². The van der Waals surface area contributed by atoms with Crippen molar-refractivity contribution in [2.24, 2.45) is 0 Å². The minimum atomic E-state index is 0.630. The number of hydrogen-bond donors (Lipinski definition) is 0. The molecule has 0 saturated carbocycles. The van der Waals surface area contributed by atoms with E-state index < -0.39 is 0 Å². The van der Waals surface area contributed by atoms with Crippen LogP contribution in [-0.4, -0.2) is 13.2 Å². The van der Waals surface area contributed by atoms with Gasteiger partial charge in [0.2, 0.25) is 0 Å². The lowest BCUT2D eigenvalue weighted by Gasteiger charge is -2.15. The molecule has 1 aliphatic rings. The van der Waals surface area contributed by atoms with Gasteiger partial charge in [-0.05, 0) is 44.0 Å². The van der Waals surface area contributed by atoms with Crippen LogP contribution in [0, 0.1) is 20.8 Å². The van der Waals surface area contributed by atoms with Crippen LogP contribution in [0.5, 0.6) is 11.5 Å². The number of hydrogen-bond acceptors (Lipinski definition) is 5. The lowest BCUT2D eigenvalue weighted by molar-refractivity contribution is 0.174. The van der Waals surface area contributed by atoms with Gasteiger partial charge in [-0.15, -0.1) is 22.7 Å². The zero-order valence-corrected chi connectivity index (χ0v) is 16.3. The molecule has 24 heavy (non-hydrogen) atoms. The number of thiophene rings is 2. The van der Waals surface area contributed by atoms with Crippen LogP contribution in [0.2, 0.25) is 0 Å². The van der Waals surface area contributed by atoms with E-state index in [1.807, 2.05) is 28.5 Å². The number of rotatable bonds is 3. The highest BCUT2D eigenvalue weighted by Crippen LogP contribution is 2.49. The van der Waals surface area contributed by atoms with Crippen LogP contribution < -0.4 is 9.47 Å². The summed E-state index contributed by atoms with van der Waals surface area (Å²) in [6.07, 6.45) is 0. The van der Waals surface area contributed by atoms with E-state index in [4.69, 9.17) is 9.47 Å². The average Bonchev–Trinajstić information content (AvgIpc) is 3.17. The summed E-state index contributed by atoms with van der Waals surface area (Å²) < 4.78 is 12.8. The number of benzene rings is 1. The van der Waals surface area contributed by atoms with Crippen LogP contribution in [0.15, 0.2) is 38.8 Å². The molecule has 124 valence electrons. The smallest absolute Gasteiger partial charge is 0.180 e. The van der Waals surface area contributed by atoms with Gasteiger partial charge in [0, 0.05) is 15.2 Å². The Bertz CT molecular complexity index is 869. The van der Waals surface area contributed by atoms with Crippen LogP contribution in [-0.2, 0) is 0 Å². The van der Waals surface area contributed by atoms with Gasteiger partial charge in [-0.25, -0.2) is 0 Å². The van der Waals surface area contributed by atoms with Crippen molar-refractivity contribution in [3.8, 4) is 21.3 Å². The van der Waals surface area contributed by atoms with Crippen molar-refractivity contribution in [2.75, 3.05) is 13.2 Å². The van der Waals surface area contributed by atoms with Crippen LogP contribution in [0.25, 0.3) is 9.75 Å². The number of aryl methyl sites for hydroxylation is 3. The van der Waals surface area contributed by atoms with E-state index in [-0.39, 0.29) is 0 Å². The largest absolute Gasteiger partial charge is 0.485 e. The fourth-order valence-electron chi connectivity index (χ4n) is 2.96. The van der Waals surface area contributed by atoms with Crippen molar-refractivity contribution < 1.29 is 9.47 Å². The first kappa shape index (κ1) is 16.1. The summed E-state index contributed by atoms with van der Waals surface area (Å²) in [5.74, 6) is 1.79. The van der Waals surface area contributed by atoms with Crippen molar-refractivity contribution in [3.63, 3.8) is 0 Å². The molecule has 1 aliphatic heterocycles. The maximum absolute atomic E-state index is 5.81. The topological polar surface area (TPSA) is 18.5 Å². The van der Waals surface area contributed by atoms with Crippen molar-refractivity contribution in [3.05, 3.63) is 46.3 Å². The highest BCUT2D eigenvalue weighted by molar-refractivity contribution is 8.01. The molecule has 1 aromatic carbocycles. The molecule has 3 aromatic rings. The summed E-state index contributed by atoms with van der Waals surface area (Å²) in [5, 5.41) is 2.05. The molecule has 0 saturated heterocycles. The Hall–Kier alpha value is -1.43. The van der Waals surface area contributed by atoms with E-state index in [1.165, 1.54) is 35.5 Å². The molecule has 2 nitrogen and oxygen atoms in total. The zero-order chi connectivity index (χ0) is 16.7. The molecule has 0 unspecified atom stereocenters. The van der Waals surface area contributed by atoms with Crippen molar-refractivity contribution in [1.29, 1.82) is 0 Å². The minimum Gasteiger partial charge on any atom is -0.485 e. The Balaban J connectivity index is 1.63. The standard InChI is InChI=1S/C19H18O2S3/c1-11-8-12(2)18(13(3)9-11)24-16-5-4-15(23-16)19-17-14(10-22-19)20-6-7-21-17/h4-5,8-10H,6-7H2,1-3H3. The quantitative estimate of drug-likeness (QED) is 0.534. The molecule has 0 aliphatic carbocycles. The molecular formula is C19H18O2S3. The molecule has 5 heteroatoms. The van der Waals surface area contributed by atoms with E-state index in [1.54, 1.807) is 11.3 Å². The molecule has 4 rings (SSSR count). The maximum Gasteiger partial charge on any atom is 0.180 e. The monoisotopic (exact) mass is 374 g/mol. The SMILES string of the molecule is Cc1cc(C)c(Sc2ccc(-c3scc4c3OCCO4)s2)c(C)c1. The summed E-state index contributed by atoms with van der Waals surface area (Å²) >= 11 is 5.37. The molecule has 0 spiro atoms. The third-order valence-electron chi connectivity index (χ3n) is 3.91. The summed E-state index contributed by atoms with van der Waals surface area (Å²) in [5.41, 5.74) is 4.01. The van der Waals surface area contributed by atoms with Crippen LogP contribution in [0.4, 0.5) is 0 Å². The van der Waals surface area contributed by atoms with Crippen molar-refractivity contribution in [1.82, 2.24) is 0 Å². The van der Waals surface area contributed by atoms with Gasteiger partial charge in [0.25, 0.3) is 0 Å². The van der Waals surface area contributed by atoms with Gasteiger partial charge in [0.05, 0.1) is 9.09 Å². The first-order valence-electron chi connectivity index (χ1n) is 7.85. The highest BCUT2D eigenvalue weighted by Gasteiger charge is 2.21. The normalized spacial score (nSPS) is 13.3. The fourth-order valence-corrected chi connectivity index (χ4v) is 6.22. The third-order valence-corrected chi connectivity index (χ3v) is 7.60. The summed E-state index contributed by atoms with van der Waals surface area (Å²) in [6, 6.07) is 8.91. The van der Waals surface area contributed by atoms with Gasteiger partial charge < -0.3 is 9.47 Å². The summed E-state index contributed by atoms with van der Waals surface area (Å²) in [4.78, 5) is 3.79. The second-order valence-corrected chi connectivity index (χ2v) is 9.18. The van der Waals surface area contributed by atoms with E-state index >= 15 is 0 Å². The minimum absolute atomic E-state index is 0.630. The van der Waals surface area contributed by atoms with Gasteiger partial charge in [0.1, 0.15) is 13.2 Å². The lowest BCUT2D eigenvalue weighted by atomic mass is 10.1. The Morgan fingerprint density at radius 3 is 2.54 bits per heavy atom. The molecule has 0 amide bonds. The van der Waals surface area contributed by atoms with Gasteiger partial charge in [-0.1, -0.05) is 29.5 Å². The Kier molecular flexibility index (Phi) is 4.33. The van der Waals surface area contributed by atoms with Gasteiger partial charge in [-0.2, -0.15) is 0 Å². The Morgan fingerprint density at radius 1 is 1.00 bits per heavy atom. The van der Waals surface area contributed by atoms with Crippen molar-refractivity contribution >= 4 is 34.4 Å². The second-order valence-electron chi connectivity index (χ2n) is 5.90. The highest BCUT2D eigenvalue weighted by atomic mass is 32.2. The van der Waals surface area contributed by atoms with Gasteiger partial charge in [-0.3, -0.25) is 0 Å². The van der Waals surface area contributed by atoms with Crippen LogP contribution in [0.1, 0.15) is 16.7 Å². The molecule has 0 atom stereocenters. The summed E-state index contributed by atoms with van der Waals surface area (Å²) in [7, 11) is 0. The summed E-state index contributed by atoms with van der Waals surface area (Å²) in [6.45, 7) is 7.81. The van der Waals surface area contributed by atoms with E-state index in [2.05, 4.69) is 45.0 Å². The second kappa shape index (κ2) is 6.47. The molecule has 0 radical (unpaired) electrons. The lowest BCUT2D eigenvalue weighted by Crippen LogP contribution is -2.14. The molecule has 0 N–H and O–H groups in total. The molecule has 0 bridgehead atoms. The first-order valence-corrected chi connectivity index (χ1v) is 10.4. The molecular weight excluding hydrogens is 356 g/mol. The van der Waals surface area contributed by atoms with Crippen LogP contribution >= 0.6 is 34.4 Å². The molecule has 0 fully saturated rings. The number of fused-ring (bicyclic) bond motifs is 1. The van der Waals surface area contributed by atoms with Gasteiger partial charge in [0.15, 0.2) is 11.5 Å². The first-order chi connectivity index (χ1) is 11.6. The zero-order valence-electron chi connectivity index (χ0n) is 13.8. The van der Waals surface area contributed by atoms with E-state index in [0.29, 0.717) is 13.2 Å². The van der Waals surface area contributed by atoms with Crippen molar-refractivity contribution in [2.45, 2.75) is 29.9 Å². The fraction of sp³-hybridized carbons (Fsp3) is 0.263. The predicted molar refractivity (Wildman–Crippen MR) is 103 cm³/mol. The third kappa shape index (κ3) is 2.96. The Labute approximate surface area is 154 Å². The van der Waals surface area contributed by atoms with E-state index in [0.717, 1.165) is 11.5 Å². The average molecular weight is 375 g/mol. The van der Waals surface area contributed by atoms with Gasteiger partial charge >= 0.3 is 0 Å². The molecule has 2 aromatic heterocycles.